The maximum Gasteiger partial charge on any atom is 0.0558 e. The zero-order valence-electron chi connectivity index (χ0n) is 7.44. The minimum atomic E-state index is 0.913. The van der Waals surface area contributed by atoms with Crippen molar-refractivity contribution in [1.82, 2.24) is 9.99 Å². The molecule has 3 heteroatoms. The van der Waals surface area contributed by atoms with Crippen LogP contribution in [0.1, 0.15) is 12.5 Å². The molecule has 0 N–H and O–H groups in total. The van der Waals surface area contributed by atoms with Crippen LogP contribution in [0.5, 0.6) is 0 Å². The van der Waals surface area contributed by atoms with E-state index in [0.29, 0.717) is 0 Å². The number of hydrazone groups is 1. The molecule has 0 aromatic carbocycles. The van der Waals surface area contributed by atoms with Crippen molar-refractivity contribution in [1.29, 1.82) is 0 Å². The van der Waals surface area contributed by atoms with Gasteiger partial charge in [0.1, 0.15) is 0 Å². The molecule has 1 rings (SSSR count). The van der Waals surface area contributed by atoms with Gasteiger partial charge in [0.05, 0.1) is 6.21 Å². The molecule has 0 saturated heterocycles. The highest BCUT2D eigenvalue weighted by atomic mass is 15.4. The summed E-state index contributed by atoms with van der Waals surface area (Å²) in [5.74, 6) is 0. The molecule has 1 aromatic heterocycles. The fourth-order valence-corrected chi connectivity index (χ4v) is 0.699. The maximum absolute atomic E-state index is 4.18. The zero-order valence-corrected chi connectivity index (χ0v) is 7.44. The first-order valence-electron chi connectivity index (χ1n) is 3.98. The van der Waals surface area contributed by atoms with Crippen LogP contribution in [0.25, 0.3) is 0 Å². The first kappa shape index (κ1) is 8.71. The van der Waals surface area contributed by atoms with Crippen molar-refractivity contribution in [2.24, 2.45) is 5.10 Å². The van der Waals surface area contributed by atoms with E-state index in [2.05, 4.69) is 17.0 Å². The summed E-state index contributed by atoms with van der Waals surface area (Å²) in [6.07, 6.45) is 5.34. The predicted octanol–water partition coefficient (Wildman–Crippen LogP) is 1.37. The second-order valence-electron chi connectivity index (χ2n) is 2.50. The van der Waals surface area contributed by atoms with Gasteiger partial charge in [-0.25, -0.2) is 0 Å². The van der Waals surface area contributed by atoms with Gasteiger partial charge in [0.2, 0.25) is 0 Å². The van der Waals surface area contributed by atoms with E-state index < -0.39 is 0 Å². The van der Waals surface area contributed by atoms with Crippen LogP contribution in [0, 0.1) is 0 Å². The third-order valence-electron chi connectivity index (χ3n) is 1.55. The summed E-state index contributed by atoms with van der Waals surface area (Å²) in [5, 5.41) is 6.05. The SMILES string of the molecule is CCN(C)/N=C/c1cccnc1. The van der Waals surface area contributed by atoms with E-state index in [1.165, 1.54) is 0 Å². The molecule has 12 heavy (non-hydrogen) atoms. The van der Waals surface area contributed by atoms with E-state index in [0.717, 1.165) is 12.1 Å². The fourth-order valence-electron chi connectivity index (χ4n) is 0.699. The third-order valence-corrected chi connectivity index (χ3v) is 1.55. The summed E-state index contributed by atoms with van der Waals surface area (Å²) in [7, 11) is 1.94. The quantitative estimate of drug-likeness (QED) is 0.497. The molecule has 0 saturated carbocycles. The Kier molecular flexibility index (Phi) is 3.26. The Morgan fingerprint density at radius 1 is 1.67 bits per heavy atom. The molecule has 1 aromatic rings. The van der Waals surface area contributed by atoms with Gasteiger partial charge in [-0.05, 0) is 13.0 Å². The van der Waals surface area contributed by atoms with Crippen LogP contribution in [0.3, 0.4) is 0 Å². The lowest BCUT2D eigenvalue weighted by atomic mass is 10.3. The normalized spacial score (nSPS) is 10.5. The summed E-state index contributed by atoms with van der Waals surface area (Å²) in [6.45, 7) is 2.97. The number of rotatable bonds is 3. The van der Waals surface area contributed by atoms with E-state index in [1.54, 1.807) is 18.6 Å². The van der Waals surface area contributed by atoms with Crippen molar-refractivity contribution in [3.05, 3.63) is 30.1 Å². The highest BCUT2D eigenvalue weighted by molar-refractivity contribution is 5.78. The van der Waals surface area contributed by atoms with Gasteiger partial charge in [-0.2, -0.15) is 5.10 Å². The molecule has 0 fully saturated rings. The molecule has 0 atom stereocenters. The van der Waals surface area contributed by atoms with Crippen LogP contribution >= 0.6 is 0 Å². The van der Waals surface area contributed by atoms with Gasteiger partial charge in [0.25, 0.3) is 0 Å². The molecule has 64 valence electrons. The zero-order chi connectivity index (χ0) is 8.81. The number of pyridine rings is 1. The van der Waals surface area contributed by atoms with E-state index >= 15 is 0 Å². The smallest absolute Gasteiger partial charge is 0.0558 e. The predicted molar refractivity (Wildman–Crippen MR) is 50.1 cm³/mol. The van der Waals surface area contributed by atoms with Gasteiger partial charge in [-0.15, -0.1) is 0 Å². The molecule has 3 nitrogen and oxygen atoms in total. The second-order valence-corrected chi connectivity index (χ2v) is 2.50. The second kappa shape index (κ2) is 4.49. The van der Waals surface area contributed by atoms with Crippen LogP contribution < -0.4 is 0 Å². The topological polar surface area (TPSA) is 28.5 Å². The lowest BCUT2D eigenvalue weighted by Crippen LogP contribution is -2.09. The van der Waals surface area contributed by atoms with E-state index in [9.17, 15) is 0 Å². The average molecular weight is 163 g/mol. The average Bonchev–Trinajstić information content (AvgIpc) is 2.16. The molecule has 0 aliphatic rings. The molecule has 0 amide bonds. The van der Waals surface area contributed by atoms with Crippen molar-refractivity contribution in [2.75, 3.05) is 13.6 Å². The number of nitrogens with zero attached hydrogens (tertiary/aromatic N) is 3. The summed E-state index contributed by atoms with van der Waals surface area (Å²) < 4.78 is 0. The van der Waals surface area contributed by atoms with Crippen molar-refractivity contribution in [3.8, 4) is 0 Å². The van der Waals surface area contributed by atoms with Gasteiger partial charge >= 0.3 is 0 Å². The number of hydrogen-bond donors (Lipinski definition) is 0. The van der Waals surface area contributed by atoms with Crippen molar-refractivity contribution in [3.63, 3.8) is 0 Å². The van der Waals surface area contributed by atoms with Crippen molar-refractivity contribution in [2.45, 2.75) is 6.92 Å². The van der Waals surface area contributed by atoms with Crippen LogP contribution in [-0.2, 0) is 0 Å². The van der Waals surface area contributed by atoms with E-state index in [1.807, 2.05) is 24.2 Å². The minimum Gasteiger partial charge on any atom is -0.300 e. The maximum atomic E-state index is 4.18. The molecule has 0 radical (unpaired) electrons. The van der Waals surface area contributed by atoms with E-state index in [4.69, 9.17) is 0 Å². The standard InChI is InChI=1S/C9H13N3/c1-3-12(2)11-8-9-5-4-6-10-7-9/h4-8H,3H2,1-2H3/b11-8+. The van der Waals surface area contributed by atoms with Gasteiger partial charge in [0.15, 0.2) is 0 Å². The molecular weight excluding hydrogens is 150 g/mol. The van der Waals surface area contributed by atoms with Gasteiger partial charge in [-0.1, -0.05) is 6.07 Å². The Hall–Kier alpha value is -1.38. The first-order chi connectivity index (χ1) is 5.83. The molecule has 1 heterocycles. The van der Waals surface area contributed by atoms with Crippen LogP contribution in [-0.4, -0.2) is 29.8 Å². The van der Waals surface area contributed by atoms with E-state index in [-0.39, 0.29) is 0 Å². The largest absolute Gasteiger partial charge is 0.300 e. The lowest BCUT2D eigenvalue weighted by Gasteiger charge is -2.07. The lowest BCUT2D eigenvalue weighted by molar-refractivity contribution is 0.377. The molecule has 0 aliphatic carbocycles. The molecule has 0 bridgehead atoms. The van der Waals surface area contributed by atoms with Gasteiger partial charge in [0, 0.05) is 31.5 Å². The number of aromatic nitrogens is 1. The van der Waals surface area contributed by atoms with Gasteiger partial charge < -0.3 is 5.01 Å². The van der Waals surface area contributed by atoms with Gasteiger partial charge in [-0.3, -0.25) is 4.98 Å². The fraction of sp³-hybridized carbons (Fsp3) is 0.333. The summed E-state index contributed by atoms with van der Waals surface area (Å²) in [4.78, 5) is 3.98. The monoisotopic (exact) mass is 163 g/mol. The first-order valence-corrected chi connectivity index (χ1v) is 3.98. The Morgan fingerprint density at radius 3 is 3.08 bits per heavy atom. The van der Waals surface area contributed by atoms with Crippen molar-refractivity contribution < 1.29 is 0 Å². The summed E-state index contributed by atoms with van der Waals surface area (Å²) in [5.41, 5.74) is 1.03. The Balaban J connectivity index is 2.58. The molecule has 0 unspecified atom stereocenters. The highest BCUT2D eigenvalue weighted by Crippen LogP contribution is 1.91. The molecular formula is C9H13N3. The Morgan fingerprint density at radius 2 is 2.50 bits per heavy atom. The van der Waals surface area contributed by atoms with Crippen LogP contribution in [0.4, 0.5) is 0 Å². The molecule has 0 spiro atoms. The van der Waals surface area contributed by atoms with Crippen molar-refractivity contribution >= 4 is 6.21 Å². The van der Waals surface area contributed by atoms with Crippen LogP contribution in [0.15, 0.2) is 29.6 Å². The van der Waals surface area contributed by atoms with Crippen LogP contribution in [0.2, 0.25) is 0 Å². The minimum absolute atomic E-state index is 0.913. The Labute approximate surface area is 72.7 Å². The summed E-state index contributed by atoms with van der Waals surface area (Å²) in [6, 6.07) is 3.87. The number of hydrogen-bond acceptors (Lipinski definition) is 3. The Bertz CT molecular complexity index is 243. The highest BCUT2D eigenvalue weighted by Gasteiger charge is 1.86. The summed E-state index contributed by atoms with van der Waals surface area (Å²) >= 11 is 0. The molecule has 0 aliphatic heterocycles. The third kappa shape index (κ3) is 2.70.